The van der Waals surface area contributed by atoms with Crippen molar-refractivity contribution < 1.29 is 27.8 Å². The fraction of sp³-hybridized carbons (Fsp3) is 0.467. The van der Waals surface area contributed by atoms with Crippen molar-refractivity contribution in [3.05, 3.63) is 29.8 Å². The zero-order valence-electron chi connectivity index (χ0n) is 12.7. The average Bonchev–Trinajstić information content (AvgIpc) is 2.80. The quantitative estimate of drug-likeness (QED) is 0.923. The highest BCUT2D eigenvalue weighted by atomic mass is 19.4. The molecule has 0 aromatic heterocycles. The van der Waals surface area contributed by atoms with Gasteiger partial charge in [0.2, 0.25) is 0 Å². The van der Waals surface area contributed by atoms with Crippen LogP contribution in [0, 0.1) is 0 Å². The minimum atomic E-state index is -5.01. The number of benzene rings is 1. The second-order valence-electron chi connectivity index (χ2n) is 5.32. The van der Waals surface area contributed by atoms with E-state index >= 15 is 0 Å². The first-order valence-corrected chi connectivity index (χ1v) is 7.09. The Balaban J connectivity index is 2.32. The van der Waals surface area contributed by atoms with Crippen molar-refractivity contribution in [1.29, 1.82) is 0 Å². The number of nitrogens with zero attached hydrogens (tertiary/aromatic N) is 2. The van der Waals surface area contributed by atoms with Crippen LogP contribution in [-0.4, -0.2) is 40.2 Å². The minimum absolute atomic E-state index is 0.0246. The molecule has 5 nitrogen and oxygen atoms in total. The molecule has 1 amide bonds. The fourth-order valence-corrected chi connectivity index (χ4v) is 2.22. The van der Waals surface area contributed by atoms with Gasteiger partial charge in [0.1, 0.15) is 5.75 Å². The number of alkyl halides is 3. The molecule has 1 aromatic carbocycles. The molecule has 1 aliphatic heterocycles. The first kappa shape index (κ1) is 17.3. The van der Waals surface area contributed by atoms with E-state index in [1.807, 2.05) is 6.92 Å². The van der Waals surface area contributed by atoms with Gasteiger partial charge in [-0.1, -0.05) is 13.0 Å². The maximum absolute atomic E-state index is 13.1. The number of hydrazone groups is 1. The molecule has 1 aliphatic rings. The Morgan fingerprint density at radius 3 is 2.78 bits per heavy atom. The summed E-state index contributed by atoms with van der Waals surface area (Å²) in [6.45, 7) is 3.65. The van der Waals surface area contributed by atoms with Crippen molar-refractivity contribution >= 4 is 11.6 Å². The lowest BCUT2D eigenvalue weighted by atomic mass is 10.1. The molecule has 1 N–H and O–H groups in total. The monoisotopic (exact) mass is 330 g/mol. The van der Waals surface area contributed by atoms with E-state index < -0.39 is 24.2 Å². The lowest BCUT2D eigenvalue weighted by molar-refractivity contribution is -0.297. The molecule has 1 aromatic rings. The molecule has 0 spiro atoms. The van der Waals surface area contributed by atoms with Crippen LogP contribution < -0.4 is 4.74 Å². The van der Waals surface area contributed by atoms with Crippen LogP contribution in [-0.2, 0) is 0 Å². The van der Waals surface area contributed by atoms with Crippen LogP contribution in [0.25, 0.3) is 0 Å². The molecular weight excluding hydrogens is 313 g/mol. The van der Waals surface area contributed by atoms with Gasteiger partial charge in [0, 0.05) is 17.7 Å². The molecule has 1 atom stereocenters. The number of ether oxygens (including phenoxy) is 1. The third-order valence-corrected chi connectivity index (χ3v) is 3.32. The van der Waals surface area contributed by atoms with Crippen molar-refractivity contribution in [2.45, 2.75) is 38.6 Å². The van der Waals surface area contributed by atoms with Gasteiger partial charge in [-0.05, 0) is 31.5 Å². The van der Waals surface area contributed by atoms with Crippen LogP contribution in [0.3, 0.4) is 0 Å². The molecule has 8 heteroatoms. The Kier molecular flexibility index (Phi) is 4.65. The van der Waals surface area contributed by atoms with Gasteiger partial charge in [-0.25, -0.2) is 0 Å². The molecular formula is C15H17F3N2O3. The Bertz CT molecular complexity index is 631. The fourth-order valence-electron chi connectivity index (χ4n) is 2.22. The molecule has 0 saturated heterocycles. The van der Waals surface area contributed by atoms with E-state index in [-0.39, 0.29) is 16.3 Å². The van der Waals surface area contributed by atoms with Crippen LogP contribution >= 0.6 is 0 Å². The third-order valence-electron chi connectivity index (χ3n) is 3.32. The lowest BCUT2D eigenvalue weighted by Gasteiger charge is -2.32. The van der Waals surface area contributed by atoms with Crippen molar-refractivity contribution in [3.8, 4) is 5.75 Å². The Morgan fingerprint density at radius 2 is 2.17 bits per heavy atom. The molecule has 0 radical (unpaired) electrons. The predicted molar refractivity (Wildman–Crippen MR) is 77.1 cm³/mol. The first-order valence-electron chi connectivity index (χ1n) is 7.09. The summed E-state index contributed by atoms with van der Waals surface area (Å²) in [6.07, 6.45) is -5.03. The molecule has 1 heterocycles. The van der Waals surface area contributed by atoms with Crippen LogP contribution in [0.4, 0.5) is 13.2 Å². The maximum Gasteiger partial charge on any atom is 0.438 e. The van der Waals surface area contributed by atoms with Gasteiger partial charge >= 0.3 is 6.18 Å². The molecule has 0 fully saturated rings. The molecule has 23 heavy (non-hydrogen) atoms. The van der Waals surface area contributed by atoms with Gasteiger partial charge in [-0.15, -0.1) is 0 Å². The van der Waals surface area contributed by atoms with E-state index in [2.05, 4.69) is 5.10 Å². The lowest BCUT2D eigenvalue weighted by Crippen LogP contribution is -2.56. The van der Waals surface area contributed by atoms with E-state index in [1.54, 1.807) is 6.07 Å². The number of rotatable bonds is 4. The maximum atomic E-state index is 13.1. The van der Waals surface area contributed by atoms with Crippen molar-refractivity contribution in [2.75, 3.05) is 6.61 Å². The third kappa shape index (κ3) is 3.31. The standard InChI is InChI=1S/C15H17F3N2O3/c1-3-7-23-12-6-4-5-11(8-12)13(21)20-14(22,15(16,17)18)9-10(2)19-20/h4-6,8,22H,3,7,9H2,1-2H3/t14-/m1/s1. The average molecular weight is 330 g/mol. The van der Waals surface area contributed by atoms with Gasteiger partial charge in [0.15, 0.2) is 0 Å². The number of amides is 1. The van der Waals surface area contributed by atoms with Gasteiger partial charge in [0.05, 0.1) is 6.61 Å². The number of carbonyl (C=O) groups is 1. The topological polar surface area (TPSA) is 62.1 Å². The van der Waals surface area contributed by atoms with E-state index in [9.17, 15) is 23.1 Å². The molecule has 2 rings (SSSR count). The van der Waals surface area contributed by atoms with Crippen LogP contribution in [0.2, 0.25) is 0 Å². The van der Waals surface area contributed by atoms with E-state index in [4.69, 9.17) is 4.74 Å². The normalized spacial score (nSPS) is 21.3. The number of hydrogen-bond donors (Lipinski definition) is 1. The summed E-state index contributed by atoms with van der Waals surface area (Å²) in [5.41, 5.74) is -3.34. The zero-order valence-corrected chi connectivity index (χ0v) is 12.7. The number of hydrogen-bond acceptors (Lipinski definition) is 4. The van der Waals surface area contributed by atoms with Gasteiger partial charge < -0.3 is 9.84 Å². The Hall–Kier alpha value is -2.09. The number of halogens is 3. The number of aliphatic hydroxyl groups is 1. The SMILES string of the molecule is CCCOc1cccc(C(=O)N2N=C(C)C[C@@]2(O)C(F)(F)F)c1. The van der Waals surface area contributed by atoms with Crippen LogP contribution in [0.1, 0.15) is 37.0 Å². The Morgan fingerprint density at radius 1 is 1.48 bits per heavy atom. The van der Waals surface area contributed by atoms with Crippen molar-refractivity contribution in [3.63, 3.8) is 0 Å². The summed E-state index contributed by atoms with van der Waals surface area (Å²) in [4.78, 5) is 12.4. The van der Waals surface area contributed by atoms with Crippen LogP contribution in [0.5, 0.6) is 5.75 Å². The summed E-state index contributed by atoms with van der Waals surface area (Å²) < 4.78 is 44.8. The summed E-state index contributed by atoms with van der Waals surface area (Å²) in [6, 6.07) is 5.78. The zero-order chi connectivity index (χ0) is 17.3. The summed E-state index contributed by atoms with van der Waals surface area (Å²) >= 11 is 0. The minimum Gasteiger partial charge on any atom is -0.494 e. The van der Waals surface area contributed by atoms with Crippen molar-refractivity contribution in [1.82, 2.24) is 5.01 Å². The van der Waals surface area contributed by atoms with Gasteiger partial charge in [0.25, 0.3) is 11.6 Å². The van der Waals surface area contributed by atoms with E-state index in [0.29, 0.717) is 12.4 Å². The highest BCUT2D eigenvalue weighted by molar-refractivity contribution is 5.98. The second-order valence-corrected chi connectivity index (χ2v) is 5.32. The highest BCUT2D eigenvalue weighted by Gasteiger charge is 2.62. The molecule has 0 unspecified atom stereocenters. The van der Waals surface area contributed by atoms with Gasteiger partial charge in [-0.2, -0.15) is 23.3 Å². The van der Waals surface area contributed by atoms with E-state index in [1.165, 1.54) is 25.1 Å². The number of carbonyl (C=O) groups excluding carboxylic acids is 1. The summed E-state index contributed by atoms with van der Waals surface area (Å²) in [5.74, 6) is -0.670. The highest BCUT2D eigenvalue weighted by Crippen LogP contribution is 2.40. The molecule has 0 bridgehead atoms. The van der Waals surface area contributed by atoms with Crippen molar-refractivity contribution in [2.24, 2.45) is 5.10 Å². The largest absolute Gasteiger partial charge is 0.494 e. The smallest absolute Gasteiger partial charge is 0.438 e. The molecule has 0 saturated carbocycles. The summed E-state index contributed by atoms with van der Waals surface area (Å²) in [7, 11) is 0. The van der Waals surface area contributed by atoms with Gasteiger partial charge in [-0.3, -0.25) is 4.79 Å². The van der Waals surface area contributed by atoms with Crippen LogP contribution in [0.15, 0.2) is 29.4 Å². The molecule has 126 valence electrons. The summed E-state index contributed by atoms with van der Waals surface area (Å²) in [5, 5.41) is 13.6. The molecule has 0 aliphatic carbocycles. The second kappa shape index (κ2) is 6.19. The van der Waals surface area contributed by atoms with E-state index in [0.717, 1.165) is 6.42 Å². The Labute approximate surface area is 131 Å². The first-order chi connectivity index (χ1) is 10.7. The predicted octanol–water partition coefficient (Wildman–Crippen LogP) is 2.95.